The van der Waals surface area contributed by atoms with Crippen molar-refractivity contribution in [2.45, 2.75) is 26.4 Å². The van der Waals surface area contributed by atoms with Gasteiger partial charge in [0.25, 0.3) is 5.91 Å². The average molecular weight is 338 g/mol. The monoisotopic (exact) mass is 338 g/mol. The number of halogens is 3. The molecule has 0 unspecified atom stereocenters. The van der Waals surface area contributed by atoms with Gasteiger partial charge in [-0.05, 0) is 31.5 Å². The Balaban J connectivity index is 2.31. The Bertz CT molecular complexity index is 732. The van der Waals surface area contributed by atoms with E-state index < -0.39 is 17.6 Å². The summed E-state index contributed by atoms with van der Waals surface area (Å²) in [4.78, 5) is 20.0. The molecule has 0 saturated heterocycles. The number of rotatable bonds is 5. The third kappa shape index (κ3) is 4.43. The van der Waals surface area contributed by atoms with E-state index in [1.165, 1.54) is 24.3 Å². The Labute approximate surface area is 137 Å². The molecule has 2 aromatic rings. The van der Waals surface area contributed by atoms with Gasteiger partial charge >= 0.3 is 6.18 Å². The molecule has 0 bridgehead atoms. The van der Waals surface area contributed by atoms with Gasteiger partial charge in [0.2, 0.25) is 5.95 Å². The minimum Gasteiger partial charge on any atom is -0.351 e. The predicted octanol–water partition coefficient (Wildman–Crippen LogP) is 3.69. The Kier molecular flexibility index (Phi) is 5.38. The fourth-order valence-corrected chi connectivity index (χ4v) is 2.03. The molecule has 0 fully saturated rings. The van der Waals surface area contributed by atoms with Gasteiger partial charge in [0.05, 0.1) is 11.3 Å². The first-order valence-electron chi connectivity index (χ1n) is 7.38. The number of hydrogen-bond acceptors (Lipinski definition) is 4. The van der Waals surface area contributed by atoms with Crippen LogP contribution < -0.4 is 10.6 Å². The molecule has 0 radical (unpaired) electrons. The number of hydrogen-bond donors (Lipinski definition) is 2. The van der Waals surface area contributed by atoms with Crippen LogP contribution in [-0.2, 0) is 6.18 Å². The Hall–Kier alpha value is -2.64. The van der Waals surface area contributed by atoms with E-state index in [1.54, 1.807) is 6.92 Å². The highest BCUT2D eigenvalue weighted by Gasteiger charge is 2.33. The lowest BCUT2D eigenvalue weighted by molar-refractivity contribution is -0.136. The van der Waals surface area contributed by atoms with Gasteiger partial charge < -0.3 is 10.6 Å². The van der Waals surface area contributed by atoms with Crippen LogP contribution in [0.25, 0.3) is 0 Å². The van der Waals surface area contributed by atoms with Crippen molar-refractivity contribution in [2.24, 2.45) is 0 Å². The number of aryl methyl sites for hydroxylation is 1. The van der Waals surface area contributed by atoms with Crippen LogP contribution in [0, 0.1) is 6.92 Å². The molecular weight excluding hydrogens is 321 g/mol. The van der Waals surface area contributed by atoms with Crippen LogP contribution >= 0.6 is 0 Å². The van der Waals surface area contributed by atoms with E-state index in [-0.39, 0.29) is 17.3 Å². The van der Waals surface area contributed by atoms with Gasteiger partial charge in [-0.25, -0.2) is 9.97 Å². The quantitative estimate of drug-likeness (QED) is 0.873. The van der Waals surface area contributed by atoms with E-state index in [2.05, 4.69) is 20.6 Å². The Morgan fingerprint density at radius 2 is 1.92 bits per heavy atom. The number of amides is 1. The molecule has 2 N–H and O–H groups in total. The molecule has 8 heteroatoms. The summed E-state index contributed by atoms with van der Waals surface area (Å²) >= 11 is 0. The van der Waals surface area contributed by atoms with Crippen LogP contribution in [0.2, 0.25) is 0 Å². The molecule has 0 aliphatic heterocycles. The third-order valence-electron chi connectivity index (χ3n) is 3.10. The number of nitrogens with zero attached hydrogens (tertiary/aromatic N) is 2. The molecule has 128 valence electrons. The number of anilines is 2. The zero-order chi connectivity index (χ0) is 17.7. The predicted molar refractivity (Wildman–Crippen MR) is 84.1 cm³/mol. The fourth-order valence-electron chi connectivity index (χ4n) is 2.03. The van der Waals surface area contributed by atoms with E-state index in [0.717, 1.165) is 12.5 Å². The van der Waals surface area contributed by atoms with Gasteiger partial charge in [-0.15, -0.1) is 0 Å². The Morgan fingerprint density at radius 3 is 2.58 bits per heavy atom. The molecule has 1 aromatic carbocycles. The zero-order valence-electron chi connectivity index (χ0n) is 13.2. The van der Waals surface area contributed by atoms with Gasteiger partial charge in [-0.2, -0.15) is 13.2 Å². The van der Waals surface area contributed by atoms with Crippen molar-refractivity contribution in [1.29, 1.82) is 0 Å². The lowest BCUT2D eigenvalue weighted by atomic mass is 10.1. The fraction of sp³-hybridized carbons (Fsp3) is 0.312. The summed E-state index contributed by atoms with van der Waals surface area (Å²) in [7, 11) is 0. The normalized spacial score (nSPS) is 11.2. The summed E-state index contributed by atoms with van der Waals surface area (Å²) in [5.74, 6) is -0.456. The van der Waals surface area contributed by atoms with Gasteiger partial charge in [0, 0.05) is 12.2 Å². The van der Waals surface area contributed by atoms with E-state index in [1.807, 2.05) is 6.92 Å². The number of nitrogens with one attached hydrogen (secondary N) is 2. The average Bonchev–Trinajstić information content (AvgIpc) is 2.51. The van der Waals surface area contributed by atoms with Crippen LogP contribution in [0.4, 0.5) is 24.8 Å². The summed E-state index contributed by atoms with van der Waals surface area (Å²) < 4.78 is 39.1. The van der Waals surface area contributed by atoms with Gasteiger partial charge in [-0.3, -0.25) is 4.79 Å². The maximum atomic E-state index is 13.0. The van der Waals surface area contributed by atoms with Gasteiger partial charge in [-0.1, -0.05) is 19.1 Å². The second kappa shape index (κ2) is 7.29. The van der Waals surface area contributed by atoms with E-state index in [0.29, 0.717) is 12.2 Å². The van der Waals surface area contributed by atoms with Gasteiger partial charge in [0.1, 0.15) is 5.69 Å². The second-order valence-electron chi connectivity index (χ2n) is 5.14. The van der Waals surface area contributed by atoms with Crippen molar-refractivity contribution >= 4 is 17.5 Å². The van der Waals surface area contributed by atoms with Crippen molar-refractivity contribution in [3.63, 3.8) is 0 Å². The van der Waals surface area contributed by atoms with Crippen LogP contribution in [0.1, 0.15) is 35.1 Å². The van der Waals surface area contributed by atoms with Crippen LogP contribution in [-0.4, -0.2) is 22.4 Å². The molecule has 1 amide bonds. The van der Waals surface area contributed by atoms with Crippen LogP contribution in [0.3, 0.4) is 0 Å². The standard InChI is InChI=1S/C16H17F3N4O/c1-3-8-20-14(24)13-9-10(2)21-15(23-13)22-12-7-5-4-6-11(12)16(17,18)19/h4-7,9H,3,8H2,1-2H3,(H,20,24)(H,21,22,23). The minimum absolute atomic E-state index is 0.0617. The van der Waals surface area contributed by atoms with Crippen molar-refractivity contribution in [2.75, 3.05) is 11.9 Å². The van der Waals surface area contributed by atoms with Crippen molar-refractivity contribution < 1.29 is 18.0 Å². The van der Waals surface area contributed by atoms with E-state index in [9.17, 15) is 18.0 Å². The number of aromatic nitrogens is 2. The molecule has 0 atom stereocenters. The molecule has 24 heavy (non-hydrogen) atoms. The number of carbonyl (C=O) groups is 1. The maximum absolute atomic E-state index is 13.0. The molecule has 0 aliphatic carbocycles. The number of carbonyl (C=O) groups excluding carboxylic acids is 1. The summed E-state index contributed by atoms with van der Waals surface area (Å²) in [6, 6.07) is 6.50. The molecular formula is C16H17F3N4O. The molecule has 5 nitrogen and oxygen atoms in total. The highest BCUT2D eigenvalue weighted by atomic mass is 19.4. The molecule has 0 aliphatic rings. The largest absolute Gasteiger partial charge is 0.418 e. The molecule has 0 saturated carbocycles. The lowest BCUT2D eigenvalue weighted by Gasteiger charge is -2.14. The SMILES string of the molecule is CCCNC(=O)c1cc(C)nc(Nc2ccccc2C(F)(F)F)n1. The van der Waals surface area contributed by atoms with E-state index in [4.69, 9.17) is 0 Å². The number of alkyl halides is 3. The first-order chi connectivity index (χ1) is 11.3. The van der Waals surface area contributed by atoms with E-state index >= 15 is 0 Å². The Morgan fingerprint density at radius 1 is 1.21 bits per heavy atom. The molecule has 2 rings (SSSR count). The van der Waals surface area contributed by atoms with Gasteiger partial charge in [0.15, 0.2) is 0 Å². The smallest absolute Gasteiger partial charge is 0.351 e. The molecule has 0 spiro atoms. The molecule has 1 heterocycles. The lowest BCUT2D eigenvalue weighted by Crippen LogP contribution is -2.25. The summed E-state index contributed by atoms with van der Waals surface area (Å²) in [6.45, 7) is 4.03. The first-order valence-corrected chi connectivity index (χ1v) is 7.38. The molecule has 1 aromatic heterocycles. The summed E-state index contributed by atoms with van der Waals surface area (Å²) in [6.07, 6.45) is -3.74. The number of para-hydroxylation sites is 1. The van der Waals surface area contributed by atoms with Crippen molar-refractivity contribution in [3.05, 3.63) is 47.3 Å². The first kappa shape index (κ1) is 17.7. The summed E-state index contributed by atoms with van der Waals surface area (Å²) in [5, 5.41) is 5.21. The highest BCUT2D eigenvalue weighted by molar-refractivity contribution is 5.92. The highest BCUT2D eigenvalue weighted by Crippen LogP contribution is 2.35. The maximum Gasteiger partial charge on any atom is 0.418 e. The van der Waals surface area contributed by atoms with Crippen molar-refractivity contribution in [3.8, 4) is 0 Å². The third-order valence-corrected chi connectivity index (χ3v) is 3.10. The minimum atomic E-state index is -4.51. The second-order valence-corrected chi connectivity index (χ2v) is 5.14. The van der Waals surface area contributed by atoms with Crippen molar-refractivity contribution in [1.82, 2.24) is 15.3 Å². The van der Waals surface area contributed by atoms with Crippen LogP contribution in [0.5, 0.6) is 0 Å². The topological polar surface area (TPSA) is 66.9 Å². The van der Waals surface area contributed by atoms with Crippen LogP contribution in [0.15, 0.2) is 30.3 Å². The zero-order valence-corrected chi connectivity index (χ0v) is 13.2. The summed E-state index contributed by atoms with van der Waals surface area (Å²) in [5.41, 5.74) is -0.427. The number of benzene rings is 1.